The van der Waals surface area contributed by atoms with Crippen LogP contribution >= 0.6 is 0 Å². The Morgan fingerprint density at radius 1 is 1.40 bits per heavy atom. The Balaban J connectivity index is 1.90. The quantitative estimate of drug-likeness (QED) is 0.362. The lowest BCUT2D eigenvalue weighted by atomic mass is 10.1. The third kappa shape index (κ3) is 2.20. The van der Waals surface area contributed by atoms with Crippen LogP contribution in [-0.4, -0.2) is 53.1 Å². The molecule has 3 rings (SSSR count). The number of oxime groups is 1. The Hall–Kier alpha value is -1.82. The van der Waals surface area contributed by atoms with Gasteiger partial charge in [0.05, 0.1) is 5.69 Å². The second kappa shape index (κ2) is 5.28. The highest BCUT2D eigenvalue weighted by molar-refractivity contribution is 6.00. The minimum atomic E-state index is 0.0726. The predicted molar refractivity (Wildman–Crippen MR) is 78.2 cm³/mol. The number of pyridine rings is 1. The van der Waals surface area contributed by atoms with Crippen LogP contribution in [0.5, 0.6) is 0 Å². The van der Waals surface area contributed by atoms with E-state index < -0.39 is 0 Å². The van der Waals surface area contributed by atoms with Gasteiger partial charge in [-0.05, 0) is 38.4 Å². The Morgan fingerprint density at radius 2 is 2.20 bits per heavy atom. The molecule has 2 saturated heterocycles. The summed E-state index contributed by atoms with van der Waals surface area (Å²) in [7, 11) is 2.22. The summed E-state index contributed by atoms with van der Waals surface area (Å²) in [5, 5.41) is 12.0. The molecule has 1 aromatic heterocycles. The van der Waals surface area contributed by atoms with Crippen molar-refractivity contribution in [3.63, 3.8) is 0 Å². The first-order valence-electron chi connectivity index (χ1n) is 7.10. The van der Waals surface area contributed by atoms with Gasteiger partial charge in [0.15, 0.2) is 5.84 Å². The van der Waals surface area contributed by atoms with Crippen LogP contribution in [0.25, 0.3) is 0 Å². The zero-order valence-electron chi connectivity index (χ0n) is 11.7. The van der Waals surface area contributed by atoms with Gasteiger partial charge in [-0.15, -0.1) is 0 Å². The summed E-state index contributed by atoms with van der Waals surface area (Å²) in [5.41, 5.74) is 7.27. The molecule has 3 heterocycles. The van der Waals surface area contributed by atoms with Crippen molar-refractivity contribution in [3.05, 3.63) is 24.0 Å². The normalized spacial score (nSPS) is 27.6. The standard InChI is InChI=1S/C14H21N5O/c1-18-10-4-5-11(18)9-19(8-6-10)12-3-2-7-16-13(12)14(15)17-20/h2-3,7,10-11,20H,4-6,8-9H2,1H3,(H2,15,17). The van der Waals surface area contributed by atoms with E-state index in [0.29, 0.717) is 17.8 Å². The monoisotopic (exact) mass is 275 g/mol. The number of hydrogen-bond acceptors (Lipinski definition) is 5. The highest BCUT2D eigenvalue weighted by Gasteiger charge is 2.35. The van der Waals surface area contributed by atoms with Gasteiger partial charge in [-0.2, -0.15) is 0 Å². The molecule has 1 aromatic rings. The molecule has 2 unspecified atom stereocenters. The molecule has 2 atom stereocenters. The van der Waals surface area contributed by atoms with Gasteiger partial charge in [0.1, 0.15) is 5.69 Å². The van der Waals surface area contributed by atoms with E-state index in [1.54, 1.807) is 6.20 Å². The maximum Gasteiger partial charge on any atom is 0.190 e. The van der Waals surface area contributed by atoms with Crippen LogP contribution in [0, 0.1) is 0 Å². The summed E-state index contributed by atoms with van der Waals surface area (Å²) in [6, 6.07) is 5.17. The van der Waals surface area contributed by atoms with Gasteiger partial charge in [0, 0.05) is 31.4 Å². The lowest BCUT2D eigenvalue weighted by Crippen LogP contribution is -2.37. The SMILES string of the molecule is CN1C2CCC1CN(c1cccnc1/C(N)=N/O)CC2. The molecule has 3 N–H and O–H groups in total. The number of nitrogens with two attached hydrogens (primary N) is 1. The number of fused-ring (bicyclic) bond motifs is 2. The van der Waals surface area contributed by atoms with Gasteiger partial charge in [-0.3, -0.25) is 9.88 Å². The molecule has 0 spiro atoms. The largest absolute Gasteiger partial charge is 0.409 e. The van der Waals surface area contributed by atoms with Gasteiger partial charge in [-0.25, -0.2) is 0 Å². The Kier molecular flexibility index (Phi) is 3.48. The van der Waals surface area contributed by atoms with E-state index in [2.05, 4.69) is 27.0 Å². The molecule has 0 saturated carbocycles. The minimum Gasteiger partial charge on any atom is -0.409 e. The topological polar surface area (TPSA) is 78.0 Å². The number of amidine groups is 1. The average molecular weight is 275 g/mol. The molecule has 2 fully saturated rings. The molecule has 0 radical (unpaired) electrons. The van der Waals surface area contributed by atoms with Crippen LogP contribution in [0.4, 0.5) is 5.69 Å². The molecule has 108 valence electrons. The van der Waals surface area contributed by atoms with E-state index in [-0.39, 0.29) is 5.84 Å². The Bertz CT molecular complexity index is 518. The first-order chi connectivity index (χ1) is 9.70. The van der Waals surface area contributed by atoms with Gasteiger partial charge >= 0.3 is 0 Å². The fourth-order valence-corrected chi connectivity index (χ4v) is 3.42. The van der Waals surface area contributed by atoms with Crippen molar-refractivity contribution in [1.82, 2.24) is 9.88 Å². The minimum absolute atomic E-state index is 0.0726. The van der Waals surface area contributed by atoms with Crippen molar-refractivity contribution >= 4 is 11.5 Å². The number of hydrogen-bond donors (Lipinski definition) is 2. The maximum absolute atomic E-state index is 8.91. The van der Waals surface area contributed by atoms with E-state index in [9.17, 15) is 0 Å². The van der Waals surface area contributed by atoms with Crippen molar-refractivity contribution in [3.8, 4) is 0 Å². The second-order valence-corrected chi connectivity index (χ2v) is 5.64. The summed E-state index contributed by atoms with van der Waals surface area (Å²) in [4.78, 5) is 9.08. The third-order valence-electron chi connectivity index (χ3n) is 4.63. The van der Waals surface area contributed by atoms with E-state index in [1.807, 2.05) is 12.1 Å². The number of nitrogens with zero attached hydrogens (tertiary/aromatic N) is 4. The molecule has 0 aliphatic carbocycles. The van der Waals surface area contributed by atoms with Crippen LogP contribution in [0.2, 0.25) is 0 Å². The molecule has 2 bridgehead atoms. The van der Waals surface area contributed by atoms with E-state index >= 15 is 0 Å². The summed E-state index contributed by atoms with van der Waals surface area (Å²) in [6.45, 7) is 1.97. The van der Waals surface area contributed by atoms with Crippen molar-refractivity contribution in [2.75, 3.05) is 25.0 Å². The van der Waals surface area contributed by atoms with E-state index in [0.717, 1.165) is 25.2 Å². The van der Waals surface area contributed by atoms with Crippen molar-refractivity contribution in [1.29, 1.82) is 0 Å². The fourth-order valence-electron chi connectivity index (χ4n) is 3.42. The Labute approximate surface area is 118 Å². The summed E-state index contributed by atoms with van der Waals surface area (Å²) in [5.74, 6) is 0.0726. The lowest BCUT2D eigenvalue weighted by Gasteiger charge is -2.28. The average Bonchev–Trinajstić information content (AvgIpc) is 2.71. The molecule has 20 heavy (non-hydrogen) atoms. The number of rotatable bonds is 2. The first kappa shape index (κ1) is 13.2. The number of anilines is 1. The van der Waals surface area contributed by atoms with Gasteiger partial charge in [0.2, 0.25) is 0 Å². The predicted octanol–water partition coefficient (Wildman–Crippen LogP) is 0.849. The van der Waals surface area contributed by atoms with Crippen molar-refractivity contribution in [2.24, 2.45) is 10.9 Å². The smallest absolute Gasteiger partial charge is 0.190 e. The second-order valence-electron chi connectivity index (χ2n) is 5.64. The Morgan fingerprint density at radius 3 is 3.00 bits per heavy atom. The van der Waals surface area contributed by atoms with Gasteiger partial charge in [-0.1, -0.05) is 5.16 Å². The summed E-state index contributed by atoms with van der Waals surface area (Å²) in [6.07, 6.45) is 5.37. The first-order valence-corrected chi connectivity index (χ1v) is 7.10. The van der Waals surface area contributed by atoms with E-state index in [1.165, 1.54) is 12.8 Å². The molecule has 2 aliphatic rings. The lowest BCUT2D eigenvalue weighted by molar-refractivity contribution is 0.254. The van der Waals surface area contributed by atoms with E-state index in [4.69, 9.17) is 10.9 Å². The van der Waals surface area contributed by atoms with Crippen LogP contribution in [0.1, 0.15) is 25.0 Å². The fraction of sp³-hybridized carbons (Fsp3) is 0.571. The molecule has 6 heteroatoms. The molecular formula is C14H21N5O. The molecule has 6 nitrogen and oxygen atoms in total. The van der Waals surface area contributed by atoms with Gasteiger partial charge < -0.3 is 15.8 Å². The zero-order chi connectivity index (χ0) is 14.1. The highest BCUT2D eigenvalue weighted by atomic mass is 16.4. The van der Waals surface area contributed by atoms with Gasteiger partial charge in [0.25, 0.3) is 0 Å². The van der Waals surface area contributed by atoms with Crippen LogP contribution in [0.3, 0.4) is 0 Å². The summed E-state index contributed by atoms with van der Waals surface area (Å²) >= 11 is 0. The third-order valence-corrected chi connectivity index (χ3v) is 4.63. The van der Waals surface area contributed by atoms with Crippen molar-refractivity contribution < 1.29 is 5.21 Å². The molecule has 0 amide bonds. The van der Waals surface area contributed by atoms with Crippen LogP contribution in [0.15, 0.2) is 23.5 Å². The van der Waals surface area contributed by atoms with Crippen LogP contribution < -0.4 is 10.6 Å². The molecule has 0 aromatic carbocycles. The molecule has 2 aliphatic heterocycles. The van der Waals surface area contributed by atoms with Crippen molar-refractivity contribution in [2.45, 2.75) is 31.3 Å². The number of likely N-dealkylation sites (N-methyl/N-ethyl adjacent to an activating group) is 1. The summed E-state index contributed by atoms with van der Waals surface area (Å²) < 4.78 is 0. The molecular weight excluding hydrogens is 254 g/mol. The highest BCUT2D eigenvalue weighted by Crippen LogP contribution is 2.31. The maximum atomic E-state index is 8.91. The zero-order valence-corrected chi connectivity index (χ0v) is 11.7. The number of aromatic nitrogens is 1. The van der Waals surface area contributed by atoms with Crippen LogP contribution in [-0.2, 0) is 0 Å².